The maximum Gasteiger partial charge on any atom is 0.496 e. The number of phenolic OH excluding ortho intramolecular Hbond substituents is 2. The SMILES string of the molecule is CC(C)NS(=O)(=O)c1ccc(NC(=O)/[N+](=C2\CCC[N+](C)(Cc3cccc(O)c3)C2)[C@@H](Cc2ccc(O)cc2)C(N)=O)cc1.O=C(O)C(F)(F)F. The molecule has 0 aliphatic carbocycles. The maximum absolute atomic E-state index is 14.0. The predicted molar refractivity (Wildman–Crippen MR) is 182 cm³/mol. The molecule has 13 nitrogen and oxygen atoms in total. The van der Waals surface area contributed by atoms with Gasteiger partial charge in [-0.05, 0) is 67.9 Å². The van der Waals surface area contributed by atoms with Crippen LogP contribution < -0.4 is 15.8 Å². The zero-order valence-electron chi connectivity index (χ0n) is 28.2. The van der Waals surface area contributed by atoms with E-state index in [1.54, 1.807) is 44.2 Å². The Balaban J connectivity index is 0.000000908. The van der Waals surface area contributed by atoms with Gasteiger partial charge in [-0.3, -0.25) is 4.79 Å². The first kappa shape index (κ1) is 40.4. The molecule has 0 saturated carbocycles. The third kappa shape index (κ3) is 12.1. The van der Waals surface area contributed by atoms with Crippen molar-refractivity contribution in [3.63, 3.8) is 0 Å². The lowest BCUT2D eigenvalue weighted by atomic mass is 10.0. The Morgan fingerprint density at radius 3 is 2.10 bits per heavy atom. The minimum absolute atomic E-state index is 0.0602. The van der Waals surface area contributed by atoms with E-state index in [0.29, 0.717) is 35.2 Å². The summed E-state index contributed by atoms with van der Waals surface area (Å²) in [5.41, 5.74) is 8.69. The fourth-order valence-corrected chi connectivity index (χ4v) is 6.90. The van der Waals surface area contributed by atoms with Gasteiger partial charge in [-0.1, -0.05) is 24.3 Å². The molecule has 3 aromatic rings. The number of primary amides is 1. The van der Waals surface area contributed by atoms with E-state index in [1.807, 2.05) is 6.07 Å². The van der Waals surface area contributed by atoms with Crippen LogP contribution in [-0.4, -0.2) is 94.8 Å². The molecule has 3 aromatic carbocycles. The largest absolute Gasteiger partial charge is 0.508 e. The average Bonchev–Trinajstić information content (AvgIpc) is 3.01. The number of piperidine rings is 1. The molecule has 276 valence electrons. The monoisotopic (exact) mass is 737 g/mol. The third-order valence-electron chi connectivity index (χ3n) is 7.82. The number of carbonyl (C=O) groups excluding carboxylic acids is 2. The van der Waals surface area contributed by atoms with Crippen molar-refractivity contribution in [2.24, 2.45) is 5.73 Å². The molecule has 1 fully saturated rings. The van der Waals surface area contributed by atoms with Crippen molar-refractivity contribution in [1.82, 2.24) is 4.72 Å². The lowest BCUT2D eigenvalue weighted by molar-refractivity contribution is -0.918. The van der Waals surface area contributed by atoms with E-state index in [0.717, 1.165) is 24.2 Å². The molecule has 3 amide bonds. The molecule has 0 bridgehead atoms. The van der Waals surface area contributed by atoms with Gasteiger partial charge in [-0.2, -0.15) is 22.5 Å². The van der Waals surface area contributed by atoms with Crippen LogP contribution in [0.4, 0.5) is 23.7 Å². The number of carboxylic acid groups (broad SMARTS) is 1. The van der Waals surface area contributed by atoms with E-state index in [2.05, 4.69) is 17.1 Å². The van der Waals surface area contributed by atoms with Crippen molar-refractivity contribution in [1.29, 1.82) is 0 Å². The van der Waals surface area contributed by atoms with Crippen LogP contribution in [0.3, 0.4) is 0 Å². The summed E-state index contributed by atoms with van der Waals surface area (Å²) in [5, 5.41) is 29.7. The zero-order chi connectivity index (χ0) is 38.1. The van der Waals surface area contributed by atoms with Crippen LogP contribution in [0.15, 0.2) is 77.7 Å². The van der Waals surface area contributed by atoms with Crippen LogP contribution in [0.5, 0.6) is 11.5 Å². The number of urea groups is 1. The summed E-state index contributed by atoms with van der Waals surface area (Å²) in [6, 6.07) is 17.4. The number of anilines is 1. The molecule has 2 atom stereocenters. The minimum atomic E-state index is -5.08. The fourth-order valence-electron chi connectivity index (χ4n) is 5.65. The molecule has 4 rings (SSSR count). The number of nitrogens with two attached hydrogens (primary N) is 1. The molecule has 1 heterocycles. The first-order valence-electron chi connectivity index (χ1n) is 15.8. The van der Waals surface area contributed by atoms with Gasteiger partial charge in [0.25, 0.3) is 5.91 Å². The molecule has 0 spiro atoms. The molecule has 1 aliphatic heterocycles. The molecular formula is C34H42F3N5O8S+2. The Labute approximate surface area is 293 Å². The summed E-state index contributed by atoms with van der Waals surface area (Å²) in [7, 11) is -1.64. The molecule has 1 saturated heterocycles. The number of quaternary nitrogens is 1. The van der Waals surface area contributed by atoms with Crippen LogP contribution >= 0.6 is 0 Å². The second kappa shape index (κ2) is 16.8. The quantitative estimate of drug-likeness (QED) is 0.133. The number of rotatable bonds is 10. The number of likely N-dealkylation sites (tertiary alicyclic amines) is 1. The van der Waals surface area contributed by atoms with Crippen molar-refractivity contribution < 1.29 is 60.4 Å². The summed E-state index contributed by atoms with van der Waals surface area (Å²) in [6.07, 6.45) is -3.63. The molecule has 1 aliphatic rings. The number of benzene rings is 3. The van der Waals surface area contributed by atoms with Crippen LogP contribution in [0.25, 0.3) is 0 Å². The highest BCUT2D eigenvalue weighted by atomic mass is 32.2. The van der Waals surface area contributed by atoms with E-state index >= 15 is 0 Å². The van der Waals surface area contributed by atoms with Crippen molar-refractivity contribution in [3.8, 4) is 11.5 Å². The summed E-state index contributed by atoms with van der Waals surface area (Å²) >= 11 is 0. The molecule has 51 heavy (non-hydrogen) atoms. The Morgan fingerprint density at radius 1 is 0.961 bits per heavy atom. The Bertz CT molecular complexity index is 1850. The molecule has 17 heteroatoms. The van der Waals surface area contributed by atoms with Crippen LogP contribution in [-0.2, 0) is 32.6 Å². The van der Waals surface area contributed by atoms with Gasteiger partial charge in [0.05, 0.1) is 18.5 Å². The van der Waals surface area contributed by atoms with Gasteiger partial charge in [0.1, 0.15) is 36.0 Å². The second-order valence-electron chi connectivity index (χ2n) is 12.7. The van der Waals surface area contributed by atoms with E-state index in [1.165, 1.54) is 41.0 Å². The number of alkyl halides is 3. The number of hydrogen-bond acceptors (Lipinski definition) is 7. The van der Waals surface area contributed by atoms with Gasteiger partial charge in [0, 0.05) is 30.9 Å². The van der Waals surface area contributed by atoms with Gasteiger partial charge < -0.3 is 25.5 Å². The van der Waals surface area contributed by atoms with E-state index in [4.69, 9.17) is 15.6 Å². The van der Waals surface area contributed by atoms with Gasteiger partial charge >= 0.3 is 18.2 Å². The van der Waals surface area contributed by atoms with Gasteiger partial charge in [0.15, 0.2) is 6.04 Å². The van der Waals surface area contributed by atoms with Crippen molar-refractivity contribution in [2.45, 2.75) is 62.8 Å². The smallest absolute Gasteiger partial charge is 0.496 e. The lowest BCUT2D eigenvalue weighted by Gasteiger charge is -2.38. The fraction of sp³-hybridized carbons (Fsp3) is 0.353. The number of aromatic hydroxyl groups is 2. The number of carboxylic acids is 1. The number of aliphatic carboxylic acids is 1. The number of phenols is 2. The molecule has 1 unspecified atom stereocenters. The number of sulfonamides is 1. The summed E-state index contributed by atoms with van der Waals surface area (Å²) < 4.78 is 61.4. The zero-order valence-corrected chi connectivity index (χ0v) is 29.0. The first-order valence-corrected chi connectivity index (χ1v) is 17.2. The molecule has 0 radical (unpaired) electrons. The summed E-state index contributed by atoms with van der Waals surface area (Å²) in [4.78, 5) is 36.0. The van der Waals surface area contributed by atoms with Crippen molar-refractivity contribution in [3.05, 3.63) is 83.9 Å². The second-order valence-corrected chi connectivity index (χ2v) is 14.4. The van der Waals surface area contributed by atoms with E-state index in [-0.39, 0.29) is 28.9 Å². The van der Waals surface area contributed by atoms with Crippen molar-refractivity contribution in [2.75, 3.05) is 25.5 Å². The van der Waals surface area contributed by atoms with Gasteiger partial charge in [-0.15, -0.1) is 0 Å². The molecule has 0 aromatic heterocycles. The lowest BCUT2D eigenvalue weighted by Crippen LogP contribution is -2.56. The molecule has 7 N–H and O–H groups in total. The average molecular weight is 738 g/mol. The minimum Gasteiger partial charge on any atom is -0.508 e. The highest BCUT2D eigenvalue weighted by Crippen LogP contribution is 2.23. The topological polar surface area (TPSA) is 199 Å². The highest BCUT2D eigenvalue weighted by Gasteiger charge is 2.40. The highest BCUT2D eigenvalue weighted by molar-refractivity contribution is 7.89. The number of halogens is 3. The number of nitrogens with one attached hydrogen (secondary N) is 2. The van der Waals surface area contributed by atoms with E-state index < -0.39 is 40.1 Å². The molecular weight excluding hydrogens is 695 g/mol. The number of carbonyl (C=O) groups is 3. The Morgan fingerprint density at radius 2 is 1.57 bits per heavy atom. The van der Waals surface area contributed by atoms with Crippen LogP contribution in [0.2, 0.25) is 0 Å². The van der Waals surface area contributed by atoms with Gasteiger partial charge in [0.2, 0.25) is 10.0 Å². The summed E-state index contributed by atoms with van der Waals surface area (Å²) in [5.74, 6) is -3.19. The summed E-state index contributed by atoms with van der Waals surface area (Å²) in [6.45, 7) is 5.34. The number of nitrogens with zero attached hydrogens (tertiary/aromatic N) is 2. The Kier molecular flexibility index (Phi) is 13.3. The van der Waals surface area contributed by atoms with Crippen molar-refractivity contribution >= 4 is 39.3 Å². The Hall–Kier alpha value is -5.00. The van der Waals surface area contributed by atoms with Gasteiger partial charge in [-0.25, -0.2) is 23.3 Å². The number of amides is 3. The van der Waals surface area contributed by atoms with E-state index in [9.17, 15) is 41.4 Å². The van der Waals surface area contributed by atoms with Crippen LogP contribution in [0, 0.1) is 0 Å². The third-order valence-corrected chi connectivity index (χ3v) is 9.49. The first-order chi connectivity index (χ1) is 23.7. The number of hydrogen-bond donors (Lipinski definition) is 6. The standard InChI is InChI=1S/C32H39N5O6S.C2HF3O2/c1-22(2)35-44(42,43)29-15-11-25(12-16-29)34-32(41)36(30(31(33)40)19-23-9-13-27(38)14-10-23)26-7-5-17-37(3,21-26)20-24-6-4-8-28(39)18-24;3-2(4,5)1(6)7/h4,6,8-16,18,22,30,35H,5,7,17,19-21H2,1-3H3,(H3-2,33,34,38,39,40,41);(H,6,7)/p+2/b36-26+;/t30-,37?;/m0./s1. The maximum atomic E-state index is 14.0. The predicted octanol–water partition coefficient (Wildman–Crippen LogP) is 3.94. The normalized spacial score (nSPS) is 17.9. The van der Waals surface area contributed by atoms with Crippen LogP contribution in [0.1, 0.15) is 37.8 Å².